The van der Waals surface area contributed by atoms with E-state index < -0.39 is 0 Å². The minimum atomic E-state index is -0.0550. The quantitative estimate of drug-likeness (QED) is 0.789. The fraction of sp³-hybridized carbons (Fsp3) is 0.684. The van der Waals surface area contributed by atoms with Gasteiger partial charge in [-0.1, -0.05) is 6.07 Å². The fourth-order valence-corrected chi connectivity index (χ4v) is 4.37. The van der Waals surface area contributed by atoms with Gasteiger partial charge in [-0.3, -0.25) is 0 Å². The smallest absolute Gasteiger partial charge is 0.125 e. The zero-order chi connectivity index (χ0) is 15.4. The van der Waals surface area contributed by atoms with Crippen LogP contribution in [0.4, 0.5) is 5.69 Å². The van der Waals surface area contributed by atoms with Crippen LogP contribution >= 0.6 is 0 Å². The third kappa shape index (κ3) is 2.40. The molecule has 4 rings (SSSR count). The minimum absolute atomic E-state index is 0.0550. The second kappa shape index (κ2) is 4.89. The predicted molar refractivity (Wildman–Crippen MR) is 88.9 cm³/mol. The number of hydrogen-bond donors (Lipinski definition) is 0. The van der Waals surface area contributed by atoms with Crippen LogP contribution < -0.4 is 9.64 Å². The summed E-state index contributed by atoms with van der Waals surface area (Å²) in [5, 5.41) is 0. The molecule has 0 bridgehead atoms. The highest BCUT2D eigenvalue weighted by atomic mass is 16.5. The van der Waals surface area contributed by atoms with Gasteiger partial charge < -0.3 is 14.4 Å². The zero-order valence-corrected chi connectivity index (χ0v) is 14.1. The number of rotatable bonds is 1. The summed E-state index contributed by atoms with van der Waals surface area (Å²) in [6, 6.07) is 4.62. The molecule has 2 saturated heterocycles. The summed E-state index contributed by atoms with van der Waals surface area (Å²) in [5.74, 6) is 1.09. The van der Waals surface area contributed by atoms with Crippen LogP contribution in [0.2, 0.25) is 0 Å². The lowest BCUT2D eigenvalue weighted by atomic mass is 9.78. The van der Waals surface area contributed by atoms with Gasteiger partial charge in [0.25, 0.3) is 0 Å². The molecule has 0 aromatic heterocycles. The molecule has 120 valence electrons. The molecular weight excluding hydrogens is 274 g/mol. The maximum absolute atomic E-state index is 6.13. The normalized spacial score (nSPS) is 25.3. The number of nitrogens with zero attached hydrogens (tertiary/aromatic N) is 1. The number of piperidine rings is 1. The van der Waals surface area contributed by atoms with E-state index in [1.807, 2.05) is 0 Å². The molecule has 0 unspecified atom stereocenters. The van der Waals surface area contributed by atoms with Crippen molar-refractivity contribution in [3.05, 3.63) is 23.3 Å². The summed E-state index contributed by atoms with van der Waals surface area (Å²) >= 11 is 0. The van der Waals surface area contributed by atoms with E-state index in [9.17, 15) is 0 Å². The summed E-state index contributed by atoms with van der Waals surface area (Å²) < 4.78 is 11.8. The maximum atomic E-state index is 6.13. The van der Waals surface area contributed by atoms with Gasteiger partial charge in [-0.25, -0.2) is 0 Å². The largest absolute Gasteiger partial charge is 0.487 e. The van der Waals surface area contributed by atoms with Crippen molar-refractivity contribution in [2.75, 3.05) is 31.2 Å². The Morgan fingerprint density at radius 2 is 1.86 bits per heavy atom. The molecule has 0 atom stereocenters. The van der Waals surface area contributed by atoms with Crippen LogP contribution in [0, 0.1) is 12.3 Å². The molecule has 1 aromatic rings. The number of aryl methyl sites for hydroxylation is 1. The third-order valence-corrected chi connectivity index (χ3v) is 5.73. The van der Waals surface area contributed by atoms with Crippen LogP contribution in [-0.4, -0.2) is 31.9 Å². The highest BCUT2D eigenvalue weighted by molar-refractivity contribution is 5.61. The molecule has 1 aromatic carbocycles. The van der Waals surface area contributed by atoms with Crippen LogP contribution in [0.25, 0.3) is 0 Å². The topological polar surface area (TPSA) is 21.7 Å². The van der Waals surface area contributed by atoms with Gasteiger partial charge in [0.15, 0.2) is 0 Å². The Labute approximate surface area is 133 Å². The molecule has 3 heteroatoms. The molecule has 3 aliphatic rings. The minimum Gasteiger partial charge on any atom is -0.487 e. The lowest BCUT2D eigenvalue weighted by molar-refractivity contribution is 0.133. The van der Waals surface area contributed by atoms with Gasteiger partial charge in [-0.05, 0) is 56.6 Å². The molecule has 3 aliphatic heterocycles. The Morgan fingerprint density at radius 1 is 1.09 bits per heavy atom. The Hall–Kier alpha value is -1.22. The van der Waals surface area contributed by atoms with Crippen LogP contribution in [0.1, 0.15) is 44.2 Å². The Bertz CT molecular complexity index is 577. The molecule has 0 amide bonds. The average molecular weight is 301 g/mol. The van der Waals surface area contributed by atoms with Crippen molar-refractivity contribution in [1.29, 1.82) is 0 Å². The predicted octanol–water partition coefficient (Wildman–Crippen LogP) is 3.72. The number of ether oxygens (including phenoxy) is 2. The summed E-state index contributed by atoms with van der Waals surface area (Å²) in [7, 11) is 0. The first-order valence-electron chi connectivity index (χ1n) is 8.62. The van der Waals surface area contributed by atoms with E-state index in [0.29, 0.717) is 5.41 Å². The van der Waals surface area contributed by atoms with Crippen molar-refractivity contribution in [3.63, 3.8) is 0 Å². The highest BCUT2D eigenvalue weighted by Gasteiger charge is 2.38. The van der Waals surface area contributed by atoms with Gasteiger partial charge in [0.1, 0.15) is 11.4 Å². The number of fused-ring (bicyclic) bond motifs is 1. The van der Waals surface area contributed by atoms with Crippen molar-refractivity contribution >= 4 is 5.69 Å². The van der Waals surface area contributed by atoms with E-state index in [1.165, 1.54) is 36.1 Å². The first-order valence-corrected chi connectivity index (χ1v) is 8.62. The molecule has 3 heterocycles. The highest BCUT2D eigenvalue weighted by Crippen LogP contribution is 2.43. The first kappa shape index (κ1) is 14.4. The summed E-state index contributed by atoms with van der Waals surface area (Å²) in [6.45, 7) is 10.8. The molecule has 0 aliphatic carbocycles. The molecule has 1 spiro atoms. The lowest BCUT2D eigenvalue weighted by Crippen LogP contribution is -2.40. The first-order chi connectivity index (χ1) is 10.5. The van der Waals surface area contributed by atoms with Gasteiger partial charge in [0.2, 0.25) is 0 Å². The van der Waals surface area contributed by atoms with Crippen molar-refractivity contribution in [3.8, 4) is 5.75 Å². The fourth-order valence-electron chi connectivity index (χ4n) is 4.37. The van der Waals surface area contributed by atoms with Gasteiger partial charge >= 0.3 is 0 Å². The second-order valence-electron chi connectivity index (χ2n) is 8.07. The van der Waals surface area contributed by atoms with E-state index in [0.717, 1.165) is 38.5 Å². The van der Waals surface area contributed by atoms with Crippen LogP contribution in [0.5, 0.6) is 5.75 Å². The third-order valence-electron chi connectivity index (χ3n) is 5.73. The van der Waals surface area contributed by atoms with Crippen LogP contribution in [0.3, 0.4) is 0 Å². The maximum Gasteiger partial charge on any atom is 0.125 e. The van der Waals surface area contributed by atoms with E-state index in [2.05, 4.69) is 37.8 Å². The average Bonchev–Trinajstić information content (AvgIpc) is 3.02. The Morgan fingerprint density at radius 3 is 2.55 bits per heavy atom. The van der Waals surface area contributed by atoms with Crippen molar-refractivity contribution in [2.24, 2.45) is 5.41 Å². The van der Waals surface area contributed by atoms with Crippen LogP contribution in [-0.2, 0) is 11.2 Å². The standard InChI is InChI=1S/C19H27NO2/c1-14-10-15-12-18(2,3)22-17(15)11-16(14)20-7-4-19(5-8-20)6-9-21-13-19/h10-11H,4-9,12-13H2,1-3H3. The molecule has 0 N–H and O–H groups in total. The second-order valence-corrected chi connectivity index (χ2v) is 8.07. The monoisotopic (exact) mass is 301 g/mol. The van der Waals surface area contributed by atoms with Gasteiger partial charge in [0.05, 0.1) is 6.61 Å². The summed E-state index contributed by atoms with van der Waals surface area (Å²) in [4.78, 5) is 2.55. The number of hydrogen-bond acceptors (Lipinski definition) is 3. The van der Waals surface area contributed by atoms with E-state index in [-0.39, 0.29) is 5.60 Å². The number of benzene rings is 1. The SMILES string of the molecule is Cc1cc2c(cc1N1CCC3(CCOC3)CC1)OC(C)(C)C2. The van der Waals surface area contributed by atoms with E-state index >= 15 is 0 Å². The summed E-state index contributed by atoms with van der Waals surface area (Å²) in [5.41, 5.74) is 4.54. The lowest BCUT2D eigenvalue weighted by Gasteiger charge is -2.40. The van der Waals surface area contributed by atoms with Crippen molar-refractivity contribution in [1.82, 2.24) is 0 Å². The summed E-state index contributed by atoms with van der Waals surface area (Å²) in [6.07, 6.45) is 4.79. The Balaban J connectivity index is 1.54. The zero-order valence-electron chi connectivity index (χ0n) is 14.1. The molecular formula is C19H27NO2. The van der Waals surface area contributed by atoms with E-state index in [1.54, 1.807) is 0 Å². The molecule has 22 heavy (non-hydrogen) atoms. The van der Waals surface area contributed by atoms with Gasteiger partial charge in [0, 0.05) is 37.9 Å². The van der Waals surface area contributed by atoms with Gasteiger partial charge in [-0.2, -0.15) is 0 Å². The molecule has 0 radical (unpaired) electrons. The van der Waals surface area contributed by atoms with E-state index in [4.69, 9.17) is 9.47 Å². The van der Waals surface area contributed by atoms with Crippen molar-refractivity contribution < 1.29 is 9.47 Å². The van der Waals surface area contributed by atoms with Crippen molar-refractivity contribution in [2.45, 2.75) is 52.1 Å². The molecule has 3 nitrogen and oxygen atoms in total. The molecule has 0 saturated carbocycles. The van der Waals surface area contributed by atoms with Crippen LogP contribution in [0.15, 0.2) is 12.1 Å². The number of anilines is 1. The van der Waals surface area contributed by atoms with Gasteiger partial charge in [-0.15, -0.1) is 0 Å². The molecule has 2 fully saturated rings. The Kier molecular flexibility index (Phi) is 3.19.